The second-order valence-electron chi connectivity index (χ2n) is 4.86. The number of hydrogen-bond acceptors (Lipinski definition) is 2. The molecule has 0 atom stereocenters. The van der Waals surface area contributed by atoms with Crippen molar-refractivity contribution in [1.82, 2.24) is 4.90 Å². The zero-order valence-corrected chi connectivity index (χ0v) is 10.1. The van der Waals surface area contributed by atoms with Gasteiger partial charge in [0.1, 0.15) is 0 Å². The number of nitrogens with zero attached hydrogens (tertiary/aromatic N) is 1. The molecule has 0 unspecified atom stereocenters. The first-order valence-electron chi connectivity index (χ1n) is 5.23. The van der Waals surface area contributed by atoms with Crippen molar-refractivity contribution in [2.45, 2.75) is 26.0 Å². The van der Waals surface area contributed by atoms with E-state index in [0.29, 0.717) is 12.1 Å². The Bertz CT molecular complexity index is 378. The third-order valence-corrected chi connectivity index (χ3v) is 2.15. The van der Waals surface area contributed by atoms with Gasteiger partial charge in [-0.3, -0.25) is 4.90 Å². The van der Waals surface area contributed by atoms with Crippen LogP contribution in [-0.4, -0.2) is 29.2 Å². The predicted octanol–water partition coefficient (Wildman–Crippen LogP) is 2.31. The summed E-state index contributed by atoms with van der Waals surface area (Å²) in [5, 5.41) is 9.57. The third kappa shape index (κ3) is 4.36. The summed E-state index contributed by atoms with van der Waals surface area (Å²) in [4.78, 5) is 1.70. The summed E-state index contributed by atoms with van der Waals surface area (Å²) in [5.41, 5.74) is -0.570. The van der Waals surface area contributed by atoms with E-state index in [9.17, 15) is 18.3 Å². The molecule has 0 aliphatic rings. The fourth-order valence-corrected chi connectivity index (χ4v) is 1.73. The molecule has 5 heteroatoms. The summed E-state index contributed by atoms with van der Waals surface area (Å²) in [6, 6.07) is 1.92. The Morgan fingerprint density at radius 2 is 1.65 bits per heavy atom. The minimum atomic E-state index is -1.46. The number of likely N-dealkylation sites (N-methyl/N-ethyl adjacent to an activating group) is 1. The van der Waals surface area contributed by atoms with Crippen molar-refractivity contribution in [3.05, 3.63) is 35.1 Å². The van der Waals surface area contributed by atoms with Crippen LogP contribution in [0.4, 0.5) is 13.2 Å². The quantitative estimate of drug-likeness (QED) is 0.825. The van der Waals surface area contributed by atoms with Crippen LogP contribution in [0.2, 0.25) is 0 Å². The predicted molar refractivity (Wildman–Crippen MR) is 58.9 cm³/mol. The zero-order valence-electron chi connectivity index (χ0n) is 10.1. The highest BCUT2D eigenvalue weighted by Gasteiger charge is 2.17. The normalized spacial score (nSPS) is 12.2. The molecule has 1 aromatic carbocycles. The number of benzene rings is 1. The monoisotopic (exact) mass is 247 g/mol. The summed E-state index contributed by atoms with van der Waals surface area (Å²) in [5.74, 6) is -3.85. The van der Waals surface area contributed by atoms with Crippen molar-refractivity contribution in [3.63, 3.8) is 0 Å². The van der Waals surface area contributed by atoms with Gasteiger partial charge in [0.2, 0.25) is 0 Å². The maximum absolute atomic E-state index is 12.9. The van der Waals surface area contributed by atoms with E-state index >= 15 is 0 Å². The van der Waals surface area contributed by atoms with Gasteiger partial charge in [0.15, 0.2) is 17.5 Å². The highest BCUT2D eigenvalue weighted by atomic mass is 19.2. The first kappa shape index (κ1) is 14.0. The van der Waals surface area contributed by atoms with Crippen molar-refractivity contribution in [3.8, 4) is 0 Å². The fourth-order valence-electron chi connectivity index (χ4n) is 1.73. The first-order chi connectivity index (χ1) is 7.69. The van der Waals surface area contributed by atoms with Gasteiger partial charge in [-0.25, -0.2) is 13.2 Å². The van der Waals surface area contributed by atoms with Gasteiger partial charge < -0.3 is 5.11 Å². The molecule has 1 N–H and O–H groups in total. The van der Waals surface area contributed by atoms with Crippen molar-refractivity contribution in [2.75, 3.05) is 13.6 Å². The van der Waals surface area contributed by atoms with Gasteiger partial charge in [0.25, 0.3) is 0 Å². The van der Waals surface area contributed by atoms with E-state index in [2.05, 4.69) is 0 Å². The molecule has 0 aliphatic carbocycles. The molecule has 0 fully saturated rings. The van der Waals surface area contributed by atoms with E-state index in [4.69, 9.17) is 0 Å². The van der Waals surface area contributed by atoms with Crippen molar-refractivity contribution in [2.24, 2.45) is 0 Å². The van der Waals surface area contributed by atoms with Crippen LogP contribution in [0.1, 0.15) is 19.4 Å². The van der Waals surface area contributed by atoms with Gasteiger partial charge in [-0.2, -0.15) is 0 Å². The molecule has 0 radical (unpaired) electrons. The molecule has 0 amide bonds. The molecule has 1 aromatic rings. The van der Waals surface area contributed by atoms with Crippen LogP contribution < -0.4 is 0 Å². The average Bonchev–Trinajstić information content (AvgIpc) is 2.10. The number of hydrogen-bond donors (Lipinski definition) is 1. The van der Waals surface area contributed by atoms with Crippen LogP contribution in [0, 0.1) is 17.5 Å². The maximum atomic E-state index is 12.9. The van der Waals surface area contributed by atoms with Gasteiger partial charge in [-0.15, -0.1) is 0 Å². The lowest BCUT2D eigenvalue weighted by Crippen LogP contribution is -2.35. The second kappa shape index (κ2) is 5.06. The standard InChI is InChI=1S/C12H16F3NO/c1-12(2,17)7-16(3)6-8-4-9(13)11(15)10(14)5-8/h4-5,17H,6-7H2,1-3H3. The van der Waals surface area contributed by atoms with Crippen molar-refractivity contribution in [1.29, 1.82) is 0 Å². The molecule has 0 spiro atoms. The summed E-state index contributed by atoms with van der Waals surface area (Å²) < 4.78 is 38.6. The van der Waals surface area contributed by atoms with Crippen LogP contribution in [0.5, 0.6) is 0 Å². The van der Waals surface area contributed by atoms with Crippen LogP contribution >= 0.6 is 0 Å². The molecule has 0 bridgehead atoms. The Morgan fingerprint density at radius 1 is 1.18 bits per heavy atom. The second-order valence-corrected chi connectivity index (χ2v) is 4.86. The highest BCUT2D eigenvalue weighted by molar-refractivity contribution is 5.19. The minimum Gasteiger partial charge on any atom is -0.389 e. The third-order valence-electron chi connectivity index (χ3n) is 2.15. The molecule has 17 heavy (non-hydrogen) atoms. The average molecular weight is 247 g/mol. The summed E-state index contributed by atoms with van der Waals surface area (Å²) in [6.45, 7) is 3.84. The van der Waals surface area contributed by atoms with E-state index in [-0.39, 0.29) is 6.54 Å². The van der Waals surface area contributed by atoms with Gasteiger partial charge in [0, 0.05) is 13.1 Å². The molecular weight excluding hydrogens is 231 g/mol. The van der Waals surface area contributed by atoms with Crippen LogP contribution in [0.25, 0.3) is 0 Å². The van der Waals surface area contributed by atoms with Crippen LogP contribution in [0.15, 0.2) is 12.1 Å². The molecule has 1 rings (SSSR count). The van der Waals surface area contributed by atoms with E-state index in [1.165, 1.54) is 0 Å². The van der Waals surface area contributed by atoms with Gasteiger partial charge in [-0.05, 0) is 38.6 Å². The van der Waals surface area contributed by atoms with Gasteiger partial charge >= 0.3 is 0 Å². The SMILES string of the molecule is CN(Cc1cc(F)c(F)c(F)c1)CC(C)(C)O. The molecule has 0 heterocycles. The largest absolute Gasteiger partial charge is 0.389 e. The lowest BCUT2D eigenvalue weighted by Gasteiger charge is -2.25. The first-order valence-corrected chi connectivity index (χ1v) is 5.23. The maximum Gasteiger partial charge on any atom is 0.194 e. The molecule has 2 nitrogen and oxygen atoms in total. The lowest BCUT2D eigenvalue weighted by atomic mass is 10.1. The molecule has 0 aromatic heterocycles. The minimum absolute atomic E-state index is 0.234. The van der Waals surface area contributed by atoms with Crippen molar-refractivity contribution < 1.29 is 18.3 Å². The zero-order chi connectivity index (χ0) is 13.2. The van der Waals surface area contributed by atoms with E-state index in [0.717, 1.165) is 12.1 Å². The Hall–Kier alpha value is -1.07. The molecule has 0 saturated heterocycles. The van der Waals surface area contributed by atoms with Gasteiger partial charge in [0.05, 0.1) is 5.60 Å². The number of rotatable bonds is 4. The van der Waals surface area contributed by atoms with Crippen molar-refractivity contribution >= 4 is 0 Å². The fraction of sp³-hybridized carbons (Fsp3) is 0.500. The molecular formula is C12H16F3NO. The van der Waals surface area contributed by atoms with E-state index in [1.54, 1.807) is 25.8 Å². The Kier molecular flexibility index (Phi) is 4.16. The molecule has 96 valence electrons. The summed E-state index contributed by atoms with van der Waals surface area (Å²) in [7, 11) is 1.71. The topological polar surface area (TPSA) is 23.5 Å². The van der Waals surface area contributed by atoms with Crippen LogP contribution in [-0.2, 0) is 6.54 Å². The Labute approximate surface area is 98.7 Å². The van der Waals surface area contributed by atoms with E-state index in [1.807, 2.05) is 0 Å². The lowest BCUT2D eigenvalue weighted by molar-refractivity contribution is 0.0424. The van der Waals surface area contributed by atoms with Gasteiger partial charge in [-0.1, -0.05) is 0 Å². The Balaban J connectivity index is 2.76. The molecule has 0 aliphatic heterocycles. The summed E-state index contributed by atoms with van der Waals surface area (Å²) >= 11 is 0. The summed E-state index contributed by atoms with van der Waals surface area (Å²) in [6.07, 6.45) is 0. The Morgan fingerprint density at radius 3 is 2.06 bits per heavy atom. The number of halogens is 3. The smallest absolute Gasteiger partial charge is 0.194 e. The highest BCUT2D eigenvalue weighted by Crippen LogP contribution is 2.15. The van der Waals surface area contributed by atoms with Crippen LogP contribution in [0.3, 0.4) is 0 Å². The van der Waals surface area contributed by atoms with E-state index < -0.39 is 23.1 Å². The molecule has 0 saturated carbocycles. The number of aliphatic hydroxyl groups is 1.